The Hall–Kier alpha value is -4.17. The average Bonchev–Trinajstić information content (AvgIpc) is 3.28. The zero-order valence-electron chi connectivity index (χ0n) is 18.8. The predicted octanol–water partition coefficient (Wildman–Crippen LogP) is 4.63. The van der Waals surface area contributed by atoms with Gasteiger partial charge in [0.25, 0.3) is 0 Å². The monoisotopic (exact) mass is 442 g/mol. The minimum atomic E-state index is -0.195. The number of rotatable bonds is 8. The number of nitrogens with zero attached hydrogens (tertiary/aromatic N) is 4. The van der Waals surface area contributed by atoms with Crippen molar-refractivity contribution >= 4 is 28.6 Å². The number of benzene rings is 2. The lowest BCUT2D eigenvalue weighted by Gasteiger charge is -2.13. The van der Waals surface area contributed by atoms with E-state index in [-0.39, 0.29) is 5.91 Å². The molecular formula is C25H26N6O2. The maximum Gasteiger partial charge on any atom is 0.248 e. The Morgan fingerprint density at radius 1 is 1.15 bits per heavy atom. The molecule has 1 amide bonds. The number of aryl methyl sites for hydroxylation is 1. The lowest BCUT2D eigenvalue weighted by molar-refractivity contribution is -0.111. The number of likely N-dealkylation sites (N-methyl/N-ethyl adjacent to an activating group) is 1. The van der Waals surface area contributed by atoms with Crippen molar-refractivity contribution in [1.29, 1.82) is 0 Å². The summed E-state index contributed by atoms with van der Waals surface area (Å²) >= 11 is 0. The van der Waals surface area contributed by atoms with Gasteiger partial charge in [0.05, 0.1) is 12.4 Å². The molecule has 0 saturated carbocycles. The molecule has 2 aromatic carbocycles. The van der Waals surface area contributed by atoms with Crippen LogP contribution in [-0.2, 0) is 4.79 Å². The maximum atomic E-state index is 12.1. The summed E-state index contributed by atoms with van der Waals surface area (Å²) < 4.78 is 7.89. The van der Waals surface area contributed by atoms with E-state index in [9.17, 15) is 4.79 Å². The summed E-state index contributed by atoms with van der Waals surface area (Å²) in [6, 6.07) is 15.2. The van der Waals surface area contributed by atoms with Crippen molar-refractivity contribution in [3.63, 3.8) is 0 Å². The number of fused-ring (bicyclic) bond motifs is 1. The number of hydrogen-bond donors (Lipinski definition) is 2. The van der Waals surface area contributed by atoms with Crippen LogP contribution >= 0.6 is 0 Å². The third-order valence-electron chi connectivity index (χ3n) is 4.88. The van der Waals surface area contributed by atoms with Crippen LogP contribution in [0.3, 0.4) is 0 Å². The SMILES string of the molecule is Cc1ccccc1Nc1ncc(Oc2cccc(NC(=O)/C=C/CN(C)C)c2)n2cncc12. The number of carbonyl (C=O) groups is 1. The van der Waals surface area contributed by atoms with Crippen LogP contribution in [0, 0.1) is 6.92 Å². The second-order valence-corrected chi connectivity index (χ2v) is 7.82. The number of anilines is 3. The van der Waals surface area contributed by atoms with Crippen molar-refractivity contribution < 1.29 is 9.53 Å². The summed E-state index contributed by atoms with van der Waals surface area (Å²) in [6.45, 7) is 2.73. The number of ether oxygens (including phenoxy) is 1. The summed E-state index contributed by atoms with van der Waals surface area (Å²) in [5, 5.41) is 6.21. The quantitative estimate of drug-likeness (QED) is 0.387. The summed E-state index contributed by atoms with van der Waals surface area (Å²) in [5.41, 5.74) is 3.52. The maximum absolute atomic E-state index is 12.1. The van der Waals surface area contributed by atoms with E-state index in [0.717, 1.165) is 16.8 Å². The van der Waals surface area contributed by atoms with Gasteiger partial charge in [-0.3, -0.25) is 9.20 Å². The van der Waals surface area contributed by atoms with Gasteiger partial charge < -0.3 is 20.3 Å². The number of para-hydroxylation sites is 1. The highest BCUT2D eigenvalue weighted by Crippen LogP contribution is 2.28. The van der Waals surface area contributed by atoms with Crippen molar-refractivity contribution in [1.82, 2.24) is 19.3 Å². The van der Waals surface area contributed by atoms with E-state index in [0.29, 0.717) is 29.7 Å². The highest BCUT2D eigenvalue weighted by Gasteiger charge is 2.11. The largest absolute Gasteiger partial charge is 0.439 e. The fourth-order valence-electron chi connectivity index (χ4n) is 3.22. The van der Waals surface area contributed by atoms with Gasteiger partial charge >= 0.3 is 0 Å². The normalized spacial score (nSPS) is 11.3. The fraction of sp³-hybridized carbons (Fsp3) is 0.160. The van der Waals surface area contributed by atoms with Crippen LogP contribution in [0.1, 0.15) is 5.56 Å². The second kappa shape index (κ2) is 9.97. The van der Waals surface area contributed by atoms with Crippen LogP contribution in [0.2, 0.25) is 0 Å². The summed E-state index contributed by atoms with van der Waals surface area (Å²) in [5.74, 6) is 1.56. The van der Waals surface area contributed by atoms with Gasteiger partial charge in [-0.15, -0.1) is 0 Å². The van der Waals surface area contributed by atoms with E-state index in [1.807, 2.05) is 78.9 Å². The third-order valence-corrected chi connectivity index (χ3v) is 4.88. The van der Waals surface area contributed by atoms with Gasteiger partial charge in [0, 0.05) is 30.1 Å². The van der Waals surface area contributed by atoms with E-state index >= 15 is 0 Å². The van der Waals surface area contributed by atoms with E-state index < -0.39 is 0 Å². The highest BCUT2D eigenvalue weighted by atomic mass is 16.5. The molecule has 2 heterocycles. The topological polar surface area (TPSA) is 83.8 Å². The van der Waals surface area contributed by atoms with Crippen LogP contribution in [0.25, 0.3) is 5.52 Å². The van der Waals surface area contributed by atoms with Crippen LogP contribution < -0.4 is 15.4 Å². The minimum absolute atomic E-state index is 0.195. The van der Waals surface area contributed by atoms with E-state index in [1.165, 1.54) is 6.08 Å². The average molecular weight is 443 g/mol. The molecule has 2 N–H and O–H groups in total. The van der Waals surface area contributed by atoms with E-state index in [2.05, 4.69) is 20.6 Å². The molecule has 4 rings (SSSR count). The number of amides is 1. The minimum Gasteiger partial charge on any atom is -0.439 e. The summed E-state index contributed by atoms with van der Waals surface area (Å²) in [7, 11) is 3.89. The van der Waals surface area contributed by atoms with Gasteiger partial charge in [-0.05, 0) is 44.8 Å². The van der Waals surface area contributed by atoms with Gasteiger partial charge in [-0.2, -0.15) is 0 Å². The Kier molecular flexibility index (Phi) is 6.66. The first-order chi connectivity index (χ1) is 16.0. The number of carbonyl (C=O) groups excluding carboxylic acids is 1. The molecule has 8 nitrogen and oxygen atoms in total. The highest BCUT2D eigenvalue weighted by molar-refractivity contribution is 5.99. The van der Waals surface area contributed by atoms with Crippen LogP contribution in [0.15, 0.2) is 79.4 Å². The van der Waals surface area contributed by atoms with E-state index in [1.54, 1.807) is 24.8 Å². The molecule has 2 aromatic heterocycles. The molecule has 4 aromatic rings. The molecule has 0 aliphatic rings. The Balaban J connectivity index is 1.51. The van der Waals surface area contributed by atoms with Crippen molar-refractivity contribution in [2.75, 3.05) is 31.3 Å². The number of nitrogens with one attached hydrogen (secondary N) is 2. The van der Waals surface area contributed by atoms with Crippen molar-refractivity contribution in [2.45, 2.75) is 6.92 Å². The molecule has 0 unspecified atom stereocenters. The molecule has 0 saturated heterocycles. The first-order valence-corrected chi connectivity index (χ1v) is 10.5. The number of imidazole rings is 1. The zero-order chi connectivity index (χ0) is 23.2. The van der Waals surface area contributed by atoms with Crippen LogP contribution in [0.4, 0.5) is 17.2 Å². The van der Waals surface area contributed by atoms with Crippen molar-refractivity contribution in [2.24, 2.45) is 0 Å². The van der Waals surface area contributed by atoms with Crippen LogP contribution in [-0.4, -0.2) is 45.8 Å². The first-order valence-electron chi connectivity index (χ1n) is 10.5. The third kappa shape index (κ3) is 5.55. The summed E-state index contributed by atoms with van der Waals surface area (Å²) in [4.78, 5) is 22.9. The Labute approximate surface area is 192 Å². The smallest absolute Gasteiger partial charge is 0.248 e. The summed E-state index contributed by atoms with van der Waals surface area (Å²) in [6.07, 6.45) is 8.38. The van der Waals surface area contributed by atoms with Gasteiger partial charge in [-0.1, -0.05) is 30.3 Å². The molecule has 8 heteroatoms. The molecule has 168 valence electrons. The second-order valence-electron chi connectivity index (χ2n) is 7.82. The number of hydrogen-bond acceptors (Lipinski definition) is 6. The molecular weight excluding hydrogens is 416 g/mol. The number of aromatic nitrogens is 3. The molecule has 0 atom stereocenters. The van der Waals surface area contributed by atoms with Gasteiger partial charge in [0.2, 0.25) is 11.8 Å². The molecule has 0 aliphatic heterocycles. The Morgan fingerprint density at radius 3 is 2.82 bits per heavy atom. The Morgan fingerprint density at radius 2 is 2.00 bits per heavy atom. The van der Waals surface area contributed by atoms with Crippen molar-refractivity contribution in [3.8, 4) is 11.6 Å². The molecule has 0 spiro atoms. The molecule has 0 aliphatic carbocycles. The first kappa shape index (κ1) is 22.0. The lowest BCUT2D eigenvalue weighted by atomic mass is 10.2. The molecule has 0 bridgehead atoms. The zero-order valence-corrected chi connectivity index (χ0v) is 18.8. The van der Waals surface area contributed by atoms with Crippen molar-refractivity contribution in [3.05, 3.63) is 85.0 Å². The molecule has 0 fully saturated rings. The molecule has 0 radical (unpaired) electrons. The van der Waals surface area contributed by atoms with E-state index in [4.69, 9.17) is 4.74 Å². The molecule has 33 heavy (non-hydrogen) atoms. The van der Waals surface area contributed by atoms with Gasteiger partial charge in [0.1, 0.15) is 17.6 Å². The van der Waals surface area contributed by atoms with Gasteiger partial charge in [-0.25, -0.2) is 9.97 Å². The van der Waals surface area contributed by atoms with Crippen LogP contribution in [0.5, 0.6) is 11.6 Å². The standard InChI is InChI=1S/C25H26N6O2/c1-18-8-4-5-11-21(18)29-25-22-15-26-17-31(22)24(16-27-25)33-20-10-6-9-19(14-20)28-23(32)12-7-13-30(2)3/h4-12,14-17H,13H2,1-3H3,(H,27,29)(H,28,32)/b12-7+. The van der Waals surface area contributed by atoms with Gasteiger partial charge in [0.15, 0.2) is 5.82 Å². The predicted molar refractivity (Wildman–Crippen MR) is 130 cm³/mol. The Bertz CT molecular complexity index is 1300. The lowest BCUT2D eigenvalue weighted by Crippen LogP contribution is -2.12. The fourth-order valence-corrected chi connectivity index (χ4v) is 3.22.